The van der Waals surface area contributed by atoms with Crippen molar-refractivity contribution in [2.45, 2.75) is 12.8 Å². The summed E-state index contributed by atoms with van der Waals surface area (Å²) in [5.74, 6) is -0.0953. The number of amides is 2. The molecule has 0 radical (unpaired) electrons. The normalized spacial score (nSPS) is 9.46. The summed E-state index contributed by atoms with van der Waals surface area (Å²) in [6.45, 7) is 0.726. The van der Waals surface area contributed by atoms with Gasteiger partial charge in [0.2, 0.25) is 11.8 Å². The Morgan fingerprint density at radius 1 is 1.31 bits per heavy atom. The molecule has 0 rings (SSSR count). The Hall–Kier alpha value is -1.10. The van der Waals surface area contributed by atoms with E-state index in [1.807, 2.05) is 0 Å². The lowest BCUT2D eigenvalue weighted by Gasteiger charge is -2.10. The van der Waals surface area contributed by atoms with Crippen LogP contribution in [0.1, 0.15) is 12.8 Å². The fourth-order valence-corrected chi connectivity index (χ4v) is 0.752. The van der Waals surface area contributed by atoms with Crippen molar-refractivity contribution in [3.05, 3.63) is 0 Å². The van der Waals surface area contributed by atoms with Gasteiger partial charge in [0, 0.05) is 40.0 Å². The number of nitrogens with zero attached hydrogens (tertiary/aromatic N) is 1. The minimum absolute atomic E-state index is 0.00745. The molecule has 0 aliphatic heterocycles. The van der Waals surface area contributed by atoms with Gasteiger partial charge in [0.05, 0.1) is 0 Å². The smallest absolute Gasteiger partial charge is 0.223 e. The number of hydrogen-bond donors (Lipinski definition) is 2. The summed E-state index contributed by atoms with van der Waals surface area (Å²) >= 11 is 0. The minimum atomic E-state index is -0.103. The van der Waals surface area contributed by atoms with Crippen LogP contribution in [0.5, 0.6) is 0 Å². The lowest BCUT2D eigenvalue weighted by atomic mass is 10.3. The molecule has 0 aromatic carbocycles. The monoisotopic (exact) mass is 187 g/mol. The number of rotatable bonds is 5. The topological polar surface area (TPSA) is 75.4 Å². The van der Waals surface area contributed by atoms with Crippen LogP contribution in [0, 0.1) is 0 Å². The van der Waals surface area contributed by atoms with Gasteiger partial charge in [-0.15, -0.1) is 0 Å². The molecule has 0 aromatic rings. The summed E-state index contributed by atoms with van der Waals surface area (Å²) in [7, 11) is 3.37. The summed E-state index contributed by atoms with van der Waals surface area (Å²) in [5.41, 5.74) is 5.17. The van der Waals surface area contributed by atoms with Crippen LogP contribution in [-0.2, 0) is 9.59 Å². The van der Waals surface area contributed by atoms with Crippen molar-refractivity contribution >= 4 is 11.8 Å². The molecule has 5 heteroatoms. The fourth-order valence-electron chi connectivity index (χ4n) is 0.752. The second-order valence-corrected chi connectivity index (χ2v) is 2.93. The lowest BCUT2D eigenvalue weighted by Crippen LogP contribution is -2.31. The van der Waals surface area contributed by atoms with Crippen molar-refractivity contribution in [1.29, 1.82) is 0 Å². The van der Waals surface area contributed by atoms with Gasteiger partial charge in [-0.05, 0) is 0 Å². The highest BCUT2D eigenvalue weighted by atomic mass is 16.2. The van der Waals surface area contributed by atoms with Crippen LogP contribution < -0.4 is 11.1 Å². The zero-order chi connectivity index (χ0) is 10.3. The van der Waals surface area contributed by atoms with Gasteiger partial charge in [0.25, 0.3) is 0 Å². The Balaban J connectivity index is 3.45. The number of nitrogens with two attached hydrogens (primary N) is 1. The van der Waals surface area contributed by atoms with Crippen molar-refractivity contribution in [2.24, 2.45) is 5.73 Å². The van der Waals surface area contributed by atoms with Crippen molar-refractivity contribution in [3.8, 4) is 0 Å². The van der Waals surface area contributed by atoms with Gasteiger partial charge in [0.1, 0.15) is 0 Å². The Bertz CT molecular complexity index is 180. The van der Waals surface area contributed by atoms with Gasteiger partial charge in [-0.3, -0.25) is 9.59 Å². The quantitative estimate of drug-likeness (QED) is 0.575. The van der Waals surface area contributed by atoms with E-state index in [0.29, 0.717) is 25.9 Å². The van der Waals surface area contributed by atoms with E-state index in [4.69, 9.17) is 5.73 Å². The Morgan fingerprint density at radius 2 is 1.92 bits per heavy atom. The predicted molar refractivity (Wildman–Crippen MR) is 50.0 cm³/mol. The third-order valence-electron chi connectivity index (χ3n) is 1.53. The van der Waals surface area contributed by atoms with Crippen LogP contribution in [0.4, 0.5) is 0 Å². The largest absolute Gasteiger partial charge is 0.356 e. The molecule has 76 valence electrons. The first-order chi connectivity index (χ1) is 6.07. The molecule has 0 spiro atoms. The second kappa shape index (κ2) is 6.42. The van der Waals surface area contributed by atoms with Gasteiger partial charge in [-0.25, -0.2) is 0 Å². The lowest BCUT2D eigenvalue weighted by molar-refractivity contribution is -0.128. The fraction of sp³-hybridized carbons (Fsp3) is 0.750. The molecule has 0 aromatic heterocycles. The first kappa shape index (κ1) is 11.9. The highest BCUT2D eigenvalue weighted by Gasteiger charge is 2.04. The Kier molecular flexibility index (Phi) is 5.88. The van der Waals surface area contributed by atoms with Crippen molar-refractivity contribution < 1.29 is 9.59 Å². The molecule has 0 atom stereocenters. The van der Waals surface area contributed by atoms with Gasteiger partial charge < -0.3 is 16.0 Å². The van der Waals surface area contributed by atoms with Crippen molar-refractivity contribution in [2.75, 3.05) is 27.2 Å². The van der Waals surface area contributed by atoms with E-state index in [-0.39, 0.29) is 11.8 Å². The molecule has 0 saturated carbocycles. The summed E-state index contributed by atoms with van der Waals surface area (Å²) in [6, 6.07) is 0. The van der Waals surface area contributed by atoms with Crippen LogP contribution in [-0.4, -0.2) is 43.9 Å². The highest BCUT2D eigenvalue weighted by Crippen LogP contribution is 1.85. The molecule has 0 fully saturated rings. The molecule has 0 heterocycles. The summed E-state index contributed by atoms with van der Waals surface area (Å²) in [5, 5.41) is 2.60. The number of hydrogen-bond acceptors (Lipinski definition) is 3. The molecular weight excluding hydrogens is 170 g/mol. The van der Waals surface area contributed by atoms with Crippen molar-refractivity contribution in [1.82, 2.24) is 10.2 Å². The molecule has 13 heavy (non-hydrogen) atoms. The molecule has 0 aliphatic carbocycles. The maximum absolute atomic E-state index is 11.0. The maximum Gasteiger partial charge on any atom is 0.223 e. The average Bonchev–Trinajstić information content (AvgIpc) is 2.04. The van der Waals surface area contributed by atoms with Crippen LogP contribution in [0.2, 0.25) is 0 Å². The summed E-state index contributed by atoms with van der Waals surface area (Å²) in [6.07, 6.45) is 0.652. The maximum atomic E-state index is 11.0. The SMILES string of the molecule is CN(C)C(=O)CCNC(=O)CCN. The molecule has 5 nitrogen and oxygen atoms in total. The van der Waals surface area contributed by atoms with E-state index in [1.54, 1.807) is 14.1 Å². The van der Waals surface area contributed by atoms with Crippen LogP contribution in [0.3, 0.4) is 0 Å². The zero-order valence-corrected chi connectivity index (χ0v) is 8.17. The van der Waals surface area contributed by atoms with Crippen LogP contribution in [0.25, 0.3) is 0 Å². The van der Waals surface area contributed by atoms with Crippen LogP contribution in [0.15, 0.2) is 0 Å². The molecule has 0 aliphatic rings. The van der Waals surface area contributed by atoms with E-state index in [1.165, 1.54) is 4.90 Å². The summed E-state index contributed by atoms with van der Waals surface area (Å²) < 4.78 is 0. The molecule has 0 saturated heterocycles. The van der Waals surface area contributed by atoms with Gasteiger partial charge in [-0.2, -0.15) is 0 Å². The molecular formula is C8H17N3O2. The van der Waals surface area contributed by atoms with Crippen molar-refractivity contribution in [3.63, 3.8) is 0 Å². The predicted octanol–water partition coefficient (Wildman–Crippen LogP) is -1.07. The average molecular weight is 187 g/mol. The third kappa shape index (κ3) is 6.10. The van der Waals surface area contributed by atoms with Crippen LogP contribution >= 0.6 is 0 Å². The van der Waals surface area contributed by atoms with E-state index in [0.717, 1.165) is 0 Å². The van der Waals surface area contributed by atoms with Gasteiger partial charge in [-0.1, -0.05) is 0 Å². The molecule has 0 unspecified atom stereocenters. The van der Waals surface area contributed by atoms with E-state index >= 15 is 0 Å². The second-order valence-electron chi connectivity index (χ2n) is 2.93. The first-order valence-corrected chi connectivity index (χ1v) is 4.25. The number of nitrogens with one attached hydrogen (secondary N) is 1. The minimum Gasteiger partial charge on any atom is -0.356 e. The summed E-state index contributed by atoms with van der Waals surface area (Å²) in [4.78, 5) is 23.4. The van der Waals surface area contributed by atoms with E-state index < -0.39 is 0 Å². The molecule has 2 amide bonds. The Labute approximate surface area is 78.3 Å². The Morgan fingerprint density at radius 3 is 2.38 bits per heavy atom. The molecule has 3 N–H and O–H groups in total. The number of carbonyl (C=O) groups is 2. The zero-order valence-electron chi connectivity index (χ0n) is 8.17. The van der Waals surface area contributed by atoms with E-state index in [9.17, 15) is 9.59 Å². The highest BCUT2D eigenvalue weighted by molar-refractivity contribution is 5.78. The van der Waals surface area contributed by atoms with Gasteiger partial charge >= 0.3 is 0 Å². The number of carbonyl (C=O) groups excluding carboxylic acids is 2. The molecule has 0 bridgehead atoms. The standard InChI is InChI=1S/C8H17N3O2/c1-11(2)8(13)4-6-10-7(12)3-5-9/h3-6,9H2,1-2H3,(H,10,12). The van der Waals surface area contributed by atoms with E-state index in [2.05, 4.69) is 5.32 Å². The first-order valence-electron chi connectivity index (χ1n) is 4.25. The van der Waals surface area contributed by atoms with Gasteiger partial charge in [0.15, 0.2) is 0 Å². The third-order valence-corrected chi connectivity index (χ3v) is 1.53.